The van der Waals surface area contributed by atoms with Gasteiger partial charge in [-0.2, -0.15) is 0 Å². The molecule has 1 aliphatic rings. The Labute approximate surface area is 107 Å². The highest BCUT2D eigenvalue weighted by atomic mass is 16.5. The lowest BCUT2D eigenvalue weighted by Gasteiger charge is -2.18. The molecule has 0 aliphatic carbocycles. The fraction of sp³-hybridized carbons (Fsp3) is 0.500. The molecule has 0 atom stereocenters. The van der Waals surface area contributed by atoms with Crippen molar-refractivity contribution in [1.82, 2.24) is 5.32 Å². The Morgan fingerprint density at radius 2 is 2.28 bits per heavy atom. The summed E-state index contributed by atoms with van der Waals surface area (Å²) in [6, 6.07) is 5.93. The summed E-state index contributed by atoms with van der Waals surface area (Å²) in [6.45, 7) is 6.57. The minimum Gasteiger partial charge on any atom is -0.488 e. The van der Waals surface area contributed by atoms with Crippen molar-refractivity contribution in [3.63, 3.8) is 0 Å². The standard InChI is InChI=1S/C14H19NO3/c1-10(16)15-7-8-17-12-6-4-5-11-9-14(2,3)18-13(11)12/h4-6H,7-9H2,1-3H3,(H,15,16). The Balaban J connectivity index is 1.99. The van der Waals surface area contributed by atoms with Crippen LogP contribution >= 0.6 is 0 Å². The largest absolute Gasteiger partial charge is 0.488 e. The molecular weight excluding hydrogens is 230 g/mol. The van der Waals surface area contributed by atoms with Crippen molar-refractivity contribution in [2.24, 2.45) is 0 Å². The van der Waals surface area contributed by atoms with Crippen molar-refractivity contribution < 1.29 is 14.3 Å². The maximum absolute atomic E-state index is 10.7. The fourth-order valence-electron chi connectivity index (χ4n) is 2.09. The van der Waals surface area contributed by atoms with E-state index in [9.17, 15) is 4.79 Å². The van der Waals surface area contributed by atoms with Crippen molar-refractivity contribution >= 4 is 5.91 Å². The molecule has 1 aromatic rings. The van der Waals surface area contributed by atoms with Gasteiger partial charge >= 0.3 is 0 Å². The molecule has 0 aromatic heterocycles. The second-order valence-corrected chi connectivity index (χ2v) is 5.11. The fourth-order valence-corrected chi connectivity index (χ4v) is 2.09. The Morgan fingerprint density at radius 1 is 1.50 bits per heavy atom. The highest BCUT2D eigenvalue weighted by molar-refractivity contribution is 5.72. The third-order valence-corrected chi connectivity index (χ3v) is 2.79. The molecule has 0 radical (unpaired) electrons. The number of ether oxygens (including phenoxy) is 2. The van der Waals surface area contributed by atoms with Gasteiger partial charge in [0.15, 0.2) is 11.5 Å². The summed E-state index contributed by atoms with van der Waals surface area (Å²) >= 11 is 0. The van der Waals surface area contributed by atoms with Crippen LogP contribution in [-0.2, 0) is 11.2 Å². The first-order valence-electron chi connectivity index (χ1n) is 6.16. The molecule has 0 unspecified atom stereocenters. The molecule has 18 heavy (non-hydrogen) atoms. The third kappa shape index (κ3) is 2.94. The van der Waals surface area contributed by atoms with Gasteiger partial charge in [-0.25, -0.2) is 0 Å². The predicted molar refractivity (Wildman–Crippen MR) is 69.0 cm³/mol. The monoisotopic (exact) mass is 249 g/mol. The Hall–Kier alpha value is -1.71. The molecule has 0 saturated heterocycles. The minimum atomic E-state index is -0.167. The summed E-state index contributed by atoms with van der Waals surface area (Å²) in [7, 11) is 0. The molecular formula is C14H19NO3. The van der Waals surface area contributed by atoms with E-state index in [1.165, 1.54) is 12.5 Å². The van der Waals surface area contributed by atoms with Gasteiger partial charge in [0.1, 0.15) is 12.2 Å². The maximum Gasteiger partial charge on any atom is 0.216 e. The van der Waals surface area contributed by atoms with Crippen LogP contribution in [0.1, 0.15) is 26.3 Å². The quantitative estimate of drug-likeness (QED) is 0.829. The van der Waals surface area contributed by atoms with Gasteiger partial charge in [-0.3, -0.25) is 4.79 Å². The van der Waals surface area contributed by atoms with Gasteiger partial charge in [0.2, 0.25) is 5.91 Å². The number of amides is 1. The topological polar surface area (TPSA) is 47.6 Å². The number of nitrogens with one attached hydrogen (secondary N) is 1. The van der Waals surface area contributed by atoms with Crippen LogP contribution in [-0.4, -0.2) is 24.7 Å². The van der Waals surface area contributed by atoms with Gasteiger partial charge in [-0.05, 0) is 19.9 Å². The number of carbonyl (C=O) groups is 1. The van der Waals surface area contributed by atoms with E-state index in [1.807, 2.05) is 12.1 Å². The van der Waals surface area contributed by atoms with E-state index < -0.39 is 0 Å². The van der Waals surface area contributed by atoms with E-state index in [0.717, 1.165) is 17.9 Å². The van der Waals surface area contributed by atoms with Crippen LogP contribution < -0.4 is 14.8 Å². The summed E-state index contributed by atoms with van der Waals surface area (Å²) in [6.07, 6.45) is 0.894. The SMILES string of the molecule is CC(=O)NCCOc1cccc2c1OC(C)(C)C2. The molecule has 2 rings (SSSR count). The Kier molecular flexibility index (Phi) is 3.45. The molecule has 1 amide bonds. The lowest BCUT2D eigenvalue weighted by molar-refractivity contribution is -0.119. The van der Waals surface area contributed by atoms with E-state index >= 15 is 0 Å². The molecule has 4 nitrogen and oxygen atoms in total. The van der Waals surface area contributed by atoms with E-state index in [2.05, 4.69) is 25.2 Å². The first-order valence-corrected chi connectivity index (χ1v) is 6.16. The predicted octanol–water partition coefficient (Wildman–Crippen LogP) is 1.92. The lowest BCUT2D eigenvalue weighted by Crippen LogP contribution is -2.26. The third-order valence-electron chi connectivity index (χ3n) is 2.79. The Morgan fingerprint density at radius 3 is 3.00 bits per heavy atom. The summed E-state index contributed by atoms with van der Waals surface area (Å²) in [5.74, 6) is 1.54. The van der Waals surface area contributed by atoms with E-state index in [4.69, 9.17) is 9.47 Å². The lowest BCUT2D eigenvalue weighted by atomic mass is 10.0. The van der Waals surface area contributed by atoms with Crippen LogP contribution in [0.2, 0.25) is 0 Å². The summed E-state index contributed by atoms with van der Waals surface area (Å²) in [4.78, 5) is 10.7. The number of rotatable bonds is 4. The highest BCUT2D eigenvalue weighted by Gasteiger charge is 2.32. The van der Waals surface area contributed by atoms with Gasteiger partial charge in [0.25, 0.3) is 0 Å². The van der Waals surface area contributed by atoms with Crippen LogP contribution in [0, 0.1) is 0 Å². The molecule has 1 heterocycles. The van der Waals surface area contributed by atoms with Crippen molar-refractivity contribution in [2.45, 2.75) is 32.8 Å². The van der Waals surface area contributed by atoms with Crippen LogP contribution in [0.3, 0.4) is 0 Å². The van der Waals surface area contributed by atoms with E-state index in [1.54, 1.807) is 0 Å². The molecule has 1 aromatic carbocycles. The number of benzene rings is 1. The molecule has 0 spiro atoms. The molecule has 0 fully saturated rings. The van der Waals surface area contributed by atoms with Crippen molar-refractivity contribution in [3.05, 3.63) is 23.8 Å². The van der Waals surface area contributed by atoms with Gasteiger partial charge < -0.3 is 14.8 Å². The molecule has 1 N–H and O–H groups in total. The van der Waals surface area contributed by atoms with Crippen molar-refractivity contribution in [3.8, 4) is 11.5 Å². The summed E-state index contributed by atoms with van der Waals surface area (Å²) in [5.41, 5.74) is 1.01. The Bertz CT molecular complexity index is 454. The van der Waals surface area contributed by atoms with Crippen molar-refractivity contribution in [1.29, 1.82) is 0 Å². The zero-order chi connectivity index (χ0) is 13.2. The molecule has 4 heteroatoms. The van der Waals surface area contributed by atoms with Crippen molar-refractivity contribution in [2.75, 3.05) is 13.2 Å². The van der Waals surface area contributed by atoms with Gasteiger partial charge in [0.05, 0.1) is 6.54 Å². The minimum absolute atomic E-state index is 0.0470. The smallest absolute Gasteiger partial charge is 0.216 e. The second-order valence-electron chi connectivity index (χ2n) is 5.11. The average molecular weight is 249 g/mol. The molecule has 98 valence electrons. The summed E-state index contributed by atoms with van der Waals surface area (Å²) < 4.78 is 11.5. The van der Waals surface area contributed by atoms with Crippen LogP contribution in [0.5, 0.6) is 11.5 Å². The first kappa shape index (κ1) is 12.7. The van der Waals surface area contributed by atoms with Gasteiger partial charge in [-0.1, -0.05) is 12.1 Å². The van der Waals surface area contributed by atoms with Crippen LogP contribution in [0.4, 0.5) is 0 Å². The molecule has 0 saturated carbocycles. The number of para-hydroxylation sites is 1. The average Bonchev–Trinajstić information content (AvgIpc) is 2.58. The zero-order valence-corrected chi connectivity index (χ0v) is 11.1. The normalized spacial score (nSPS) is 15.7. The second kappa shape index (κ2) is 4.88. The first-order chi connectivity index (χ1) is 8.48. The summed E-state index contributed by atoms with van der Waals surface area (Å²) in [5, 5.41) is 2.69. The van der Waals surface area contributed by atoms with E-state index in [0.29, 0.717) is 13.2 Å². The number of carbonyl (C=O) groups excluding carboxylic acids is 1. The number of hydrogen-bond donors (Lipinski definition) is 1. The van der Waals surface area contributed by atoms with Crippen LogP contribution in [0.25, 0.3) is 0 Å². The van der Waals surface area contributed by atoms with Gasteiger partial charge in [-0.15, -0.1) is 0 Å². The highest BCUT2D eigenvalue weighted by Crippen LogP contribution is 2.41. The number of fused-ring (bicyclic) bond motifs is 1. The number of hydrogen-bond acceptors (Lipinski definition) is 3. The molecule has 0 bridgehead atoms. The van der Waals surface area contributed by atoms with Crippen LogP contribution in [0.15, 0.2) is 18.2 Å². The molecule has 1 aliphatic heterocycles. The maximum atomic E-state index is 10.7. The van der Waals surface area contributed by atoms with E-state index in [-0.39, 0.29) is 11.5 Å². The zero-order valence-electron chi connectivity index (χ0n) is 11.1. The van der Waals surface area contributed by atoms with Gasteiger partial charge in [0, 0.05) is 18.9 Å².